The lowest BCUT2D eigenvalue weighted by atomic mass is 9.89. The minimum atomic E-state index is -0.445. The molecular weight excluding hydrogens is 316 g/mol. The van der Waals surface area contributed by atoms with Gasteiger partial charge in [-0.25, -0.2) is 14.8 Å². The minimum Gasteiger partial charge on any atom is -0.444 e. The number of aromatic nitrogens is 3. The Labute approximate surface area is 148 Å². The van der Waals surface area contributed by atoms with Crippen LogP contribution in [0.4, 0.5) is 4.79 Å². The first-order valence-electron chi connectivity index (χ1n) is 9.23. The quantitative estimate of drug-likeness (QED) is 0.897. The predicted octanol–water partition coefficient (Wildman–Crippen LogP) is 3.95. The molecule has 0 aromatic carbocycles. The Morgan fingerprint density at radius 3 is 2.56 bits per heavy atom. The maximum Gasteiger partial charge on any atom is 0.410 e. The molecule has 2 aromatic heterocycles. The molecule has 0 radical (unpaired) electrons. The van der Waals surface area contributed by atoms with Gasteiger partial charge in [-0.1, -0.05) is 0 Å². The molecule has 0 spiro atoms. The van der Waals surface area contributed by atoms with E-state index in [1.165, 1.54) is 18.4 Å². The smallest absolute Gasteiger partial charge is 0.410 e. The third-order valence-corrected chi connectivity index (χ3v) is 4.98. The Morgan fingerprint density at radius 1 is 1.20 bits per heavy atom. The van der Waals surface area contributed by atoms with Crippen LogP contribution in [-0.2, 0) is 4.74 Å². The molecule has 4 rings (SSSR count). The monoisotopic (exact) mass is 342 g/mol. The minimum absolute atomic E-state index is 0.207. The highest BCUT2D eigenvalue weighted by molar-refractivity contribution is 5.75. The van der Waals surface area contributed by atoms with E-state index in [4.69, 9.17) is 9.72 Å². The second-order valence-electron chi connectivity index (χ2n) is 8.24. The van der Waals surface area contributed by atoms with E-state index in [2.05, 4.69) is 16.0 Å². The summed E-state index contributed by atoms with van der Waals surface area (Å²) in [6.45, 7) is 7.16. The van der Waals surface area contributed by atoms with Gasteiger partial charge in [0.05, 0.1) is 0 Å². The van der Waals surface area contributed by atoms with Crippen molar-refractivity contribution in [2.24, 2.45) is 0 Å². The number of hydrogen-bond donors (Lipinski definition) is 1. The molecule has 2 fully saturated rings. The average Bonchev–Trinajstić information content (AvgIpc) is 3.32. The maximum atomic E-state index is 12.2. The summed E-state index contributed by atoms with van der Waals surface area (Å²) in [4.78, 5) is 26.7. The van der Waals surface area contributed by atoms with Crippen LogP contribution in [0.25, 0.3) is 11.2 Å². The molecule has 1 N–H and O–H groups in total. The first kappa shape index (κ1) is 16.4. The van der Waals surface area contributed by atoms with Crippen LogP contribution in [0.5, 0.6) is 0 Å². The van der Waals surface area contributed by atoms with Gasteiger partial charge in [-0.3, -0.25) is 0 Å². The Hall–Kier alpha value is -2.11. The van der Waals surface area contributed by atoms with Gasteiger partial charge in [0.15, 0.2) is 5.65 Å². The van der Waals surface area contributed by atoms with Gasteiger partial charge in [-0.05, 0) is 64.0 Å². The van der Waals surface area contributed by atoms with E-state index in [0.717, 1.165) is 42.9 Å². The highest BCUT2D eigenvalue weighted by atomic mass is 16.6. The number of nitrogens with one attached hydrogen (secondary N) is 1. The molecule has 6 nitrogen and oxygen atoms in total. The zero-order chi connectivity index (χ0) is 17.6. The topological polar surface area (TPSA) is 71.1 Å². The van der Waals surface area contributed by atoms with E-state index in [1.54, 1.807) is 0 Å². The summed E-state index contributed by atoms with van der Waals surface area (Å²) in [5.74, 6) is 2.09. The molecule has 1 saturated carbocycles. The fraction of sp³-hybridized carbons (Fsp3) is 0.632. The van der Waals surface area contributed by atoms with Crippen molar-refractivity contribution in [1.29, 1.82) is 0 Å². The molecule has 0 bridgehead atoms. The van der Waals surface area contributed by atoms with Gasteiger partial charge in [0, 0.05) is 25.2 Å². The third kappa shape index (κ3) is 3.48. The summed E-state index contributed by atoms with van der Waals surface area (Å²) in [6.07, 6.45) is 5.98. The van der Waals surface area contributed by atoms with Crippen LogP contribution in [0.2, 0.25) is 0 Å². The number of hydrogen-bond acceptors (Lipinski definition) is 4. The lowest BCUT2D eigenvalue weighted by Gasteiger charge is -2.33. The van der Waals surface area contributed by atoms with Crippen LogP contribution >= 0.6 is 0 Å². The summed E-state index contributed by atoms with van der Waals surface area (Å²) in [7, 11) is 0. The summed E-state index contributed by atoms with van der Waals surface area (Å²) in [5, 5.41) is 0. The van der Waals surface area contributed by atoms with Crippen molar-refractivity contribution in [3.63, 3.8) is 0 Å². The van der Waals surface area contributed by atoms with E-state index in [0.29, 0.717) is 11.8 Å². The SMILES string of the molecule is CC(C)(C)OC(=O)N1CCC(c2ccnc3[nH]c(C4CC4)nc23)CC1. The summed E-state index contributed by atoms with van der Waals surface area (Å²) >= 11 is 0. The lowest BCUT2D eigenvalue weighted by molar-refractivity contribution is 0.0205. The normalized spacial score (nSPS) is 19.4. The molecule has 25 heavy (non-hydrogen) atoms. The number of imidazole rings is 1. The van der Waals surface area contributed by atoms with E-state index in [1.807, 2.05) is 31.9 Å². The van der Waals surface area contributed by atoms with E-state index in [9.17, 15) is 4.79 Å². The molecule has 2 aliphatic rings. The number of H-pyrrole nitrogens is 1. The Kier molecular flexibility index (Phi) is 3.93. The van der Waals surface area contributed by atoms with E-state index >= 15 is 0 Å². The number of nitrogens with zero attached hydrogens (tertiary/aromatic N) is 3. The Bertz CT molecular complexity index is 780. The molecular formula is C19H26N4O2. The standard InChI is InChI=1S/C19H26N4O2/c1-19(2,3)25-18(24)23-10-7-12(8-11-23)14-6-9-20-17-15(14)21-16(22-17)13-4-5-13/h6,9,12-13H,4-5,7-8,10-11H2,1-3H3,(H,20,21,22). The van der Waals surface area contributed by atoms with Crippen LogP contribution in [0.1, 0.15) is 69.7 Å². The van der Waals surface area contributed by atoms with Crippen molar-refractivity contribution >= 4 is 17.3 Å². The van der Waals surface area contributed by atoms with Crippen molar-refractivity contribution in [2.45, 2.75) is 63.9 Å². The largest absolute Gasteiger partial charge is 0.444 e. The fourth-order valence-corrected chi connectivity index (χ4v) is 3.53. The first-order valence-corrected chi connectivity index (χ1v) is 9.23. The van der Waals surface area contributed by atoms with Gasteiger partial charge in [-0.2, -0.15) is 0 Å². The van der Waals surface area contributed by atoms with Gasteiger partial charge in [0.2, 0.25) is 0 Å². The predicted molar refractivity (Wildman–Crippen MR) is 95.6 cm³/mol. The van der Waals surface area contributed by atoms with Gasteiger partial charge >= 0.3 is 6.09 Å². The van der Waals surface area contributed by atoms with E-state index < -0.39 is 5.60 Å². The zero-order valence-corrected chi connectivity index (χ0v) is 15.2. The number of likely N-dealkylation sites (tertiary alicyclic amines) is 1. The van der Waals surface area contributed by atoms with Crippen LogP contribution in [0, 0.1) is 0 Å². The number of piperidine rings is 1. The van der Waals surface area contributed by atoms with Crippen LogP contribution in [0.15, 0.2) is 12.3 Å². The highest BCUT2D eigenvalue weighted by Gasteiger charge is 2.30. The van der Waals surface area contributed by atoms with Crippen LogP contribution in [-0.4, -0.2) is 44.6 Å². The van der Waals surface area contributed by atoms with Crippen molar-refractivity contribution in [3.05, 3.63) is 23.7 Å². The summed E-state index contributed by atoms with van der Waals surface area (Å²) in [6, 6.07) is 2.09. The van der Waals surface area contributed by atoms with Crippen LogP contribution < -0.4 is 0 Å². The van der Waals surface area contributed by atoms with Gasteiger partial charge in [0.25, 0.3) is 0 Å². The molecule has 134 valence electrons. The molecule has 1 saturated heterocycles. The molecule has 1 aliphatic heterocycles. The highest BCUT2D eigenvalue weighted by Crippen LogP contribution is 2.40. The number of aromatic amines is 1. The molecule has 0 unspecified atom stereocenters. The van der Waals surface area contributed by atoms with Crippen molar-refractivity contribution in [3.8, 4) is 0 Å². The zero-order valence-electron chi connectivity index (χ0n) is 15.2. The molecule has 1 aliphatic carbocycles. The molecule has 3 heterocycles. The molecule has 6 heteroatoms. The third-order valence-electron chi connectivity index (χ3n) is 4.98. The summed E-state index contributed by atoms with van der Waals surface area (Å²) < 4.78 is 5.48. The van der Waals surface area contributed by atoms with Gasteiger partial charge in [-0.15, -0.1) is 0 Å². The number of ether oxygens (including phenoxy) is 1. The lowest BCUT2D eigenvalue weighted by Crippen LogP contribution is -2.41. The molecule has 0 atom stereocenters. The van der Waals surface area contributed by atoms with Crippen LogP contribution in [0.3, 0.4) is 0 Å². The fourth-order valence-electron chi connectivity index (χ4n) is 3.53. The summed E-state index contributed by atoms with van der Waals surface area (Å²) in [5.41, 5.74) is 2.73. The first-order chi connectivity index (χ1) is 11.9. The number of rotatable bonds is 2. The number of amides is 1. The second-order valence-corrected chi connectivity index (χ2v) is 8.24. The second kappa shape index (κ2) is 6.00. The van der Waals surface area contributed by atoms with Crippen molar-refractivity contribution in [1.82, 2.24) is 19.9 Å². The van der Waals surface area contributed by atoms with Gasteiger partial charge < -0.3 is 14.6 Å². The van der Waals surface area contributed by atoms with Gasteiger partial charge in [0.1, 0.15) is 16.9 Å². The van der Waals surface area contributed by atoms with Crippen molar-refractivity contribution < 1.29 is 9.53 Å². The molecule has 2 aromatic rings. The Balaban J connectivity index is 1.47. The Morgan fingerprint density at radius 2 is 1.92 bits per heavy atom. The number of fused-ring (bicyclic) bond motifs is 1. The number of pyridine rings is 1. The molecule has 1 amide bonds. The van der Waals surface area contributed by atoms with E-state index in [-0.39, 0.29) is 6.09 Å². The number of carbonyl (C=O) groups is 1. The maximum absolute atomic E-state index is 12.2. The van der Waals surface area contributed by atoms with Crippen molar-refractivity contribution in [2.75, 3.05) is 13.1 Å². The number of carbonyl (C=O) groups excluding carboxylic acids is 1. The average molecular weight is 342 g/mol.